The van der Waals surface area contributed by atoms with Crippen LogP contribution in [0, 0.1) is 0 Å². The van der Waals surface area contributed by atoms with Gasteiger partial charge in [-0.2, -0.15) is 0 Å². The molecule has 0 saturated carbocycles. The predicted octanol–water partition coefficient (Wildman–Crippen LogP) is 5.24. The largest absolute Gasteiger partial charge is 0.466 e. The highest BCUT2D eigenvalue weighted by atomic mass is 16.5. The van der Waals surface area contributed by atoms with E-state index in [9.17, 15) is 9.59 Å². The van der Waals surface area contributed by atoms with E-state index in [1.807, 2.05) is 72.5 Å². The van der Waals surface area contributed by atoms with Gasteiger partial charge in [0, 0.05) is 24.2 Å². The summed E-state index contributed by atoms with van der Waals surface area (Å²) in [6, 6.07) is 19.2. The lowest BCUT2D eigenvalue weighted by molar-refractivity contribution is -0.143. The quantitative estimate of drug-likeness (QED) is 0.403. The van der Waals surface area contributed by atoms with Crippen molar-refractivity contribution in [1.82, 2.24) is 0 Å². The zero-order valence-corrected chi connectivity index (χ0v) is 16.1. The molecule has 4 nitrogen and oxygen atoms in total. The Labute approximate surface area is 162 Å². The van der Waals surface area contributed by atoms with Gasteiger partial charge in [0.1, 0.15) is 0 Å². The maximum absolute atomic E-state index is 12.9. The van der Waals surface area contributed by atoms with Crippen molar-refractivity contribution in [3.8, 4) is 0 Å². The molecule has 0 heterocycles. The number of rotatable bonds is 11. The summed E-state index contributed by atoms with van der Waals surface area (Å²) in [5.74, 6) is -0.0784. The number of unbranched alkanes of at least 4 members (excludes halogenated alkanes) is 4. The first-order chi connectivity index (χ1) is 13.2. The minimum absolute atomic E-state index is 0.0316. The fraction of sp³-hybridized carbons (Fsp3) is 0.391. The van der Waals surface area contributed by atoms with Crippen LogP contribution in [0.25, 0.3) is 0 Å². The van der Waals surface area contributed by atoms with Crippen molar-refractivity contribution in [2.75, 3.05) is 18.1 Å². The second-order valence-corrected chi connectivity index (χ2v) is 6.48. The summed E-state index contributed by atoms with van der Waals surface area (Å²) in [4.78, 5) is 26.1. The van der Waals surface area contributed by atoms with E-state index in [0.717, 1.165) is 37.8 Å². The number of hydrogen-bond donors (Lipinski definition) is 0. The maximum Gasteiger partial charge on any atom is 0.305 e. The number of nitrogens with zero attached hydrogens (tertiary/aromatic N) is 1. The average molecular weight is 367 g/mol. The molecule has 0 bridgehead atoms. The number of benzene rings is 2. The van der Waals surface area contributed by atoms with Crippen LogP contribution in [0.3, 0.4) is 0 Å². The van der Waals surface area contributed by atoms with E-state index in [1.54, 1.807) is 0 Å². The molecule has 27 heavy (non-hydrogen) atoms. The Bertz CT molecular complexity index is 685. The minimum atomic E-state index is -0.110. The molecule has 1 amide bonds. The van der Waals surface area contributed by atoms with Gasteiger partial charge in [-0.05, 0) is 44.0 Å². The number of ether oxygens (including phenoxy) is 1. The van der Waals surface area contributed by atoms with E-state index in [2.05, 4.69) is 0 Å². The number of esters is 1. The van der Waals surface area contributed by atoms with Crippen LogP contribution in [0.4, 0.5) is 5.69 Å². The molecule has 0 fully saturated rings. The Morgan fingerprint density at radius 3 is 2.07 bits per heavy atom. The van der Waals surface area contributed by atoms with Gasteiger partial charge in [0.2, 0.25) is 0 Å². The molecule has 0 radical (unpaired) electrons. The van der Waals surface area contributed by atoms with Crippen molar-refractivity contribution in [3.63, 3.8) is 0 Å². The smallest absolute Gasteiger partial charge is 0.305 e. The first-order valence-electron chi connectivity index (χ1n) is 9.80. The van der Waals surface area contributed by atoms with Crippen LogP contribution in [0.15, 0.2) is 60.7 Å². The summed E-state index contributed by atoms with van der Waals surface area (Å²) in [5.41, 5.74) is 1.63. The second-order valence-electron chi connectivity index (χ2n) is 6.48. The van der Waals surface area contributed by atoms with E-state index < -0.39 is 0 Å². The van der Waals surface area contributed by atoms with E-state index >= 15 is 0 Å². The molecule has 2 rings (SSSR count). The van der Waals surface area contributed by atoms with Crippen LogP contribution in [0.2, 0.25) is 0 Å². The van der Waals surface area contributed by atoms with Crippen LogP contribution in [0.1, 0.15) is 55.8 Å². The Morgan fingerprint density at radius 2 is 1.41 bits per heavy atom. The lowest BCUT2D eigenvalue weighted by Gasteiger charge is -2.23. The van der Waals surface area contributed by atoms with Crippen LogP contribution in [-0.4, -0.2) is 25.0 Å². The summed E-state index contributed by atoms with van der Waals surface area (Å²) in [6.07, 6.45) is 5.40. The molecule has 144 valence electrons. The first kappa shape index (κ1) is 20.7. The normalized spacial score (nSPS) is 10.4. The summed E-state index contributed by atoms with van der Waals surface area (Å²) >= 11 is 0. The van der Waals surface area contributed by atoms with Gasteiger partial charge in [0.25, 0.3) is 5.91 Å². The zero-order chi connectivity index (χ0) is 19.3. The second kappa shape index (κ2) is 11.9. The third kappa shape index (κ3) is 7.26. The minimum Gasteiger partial charge on any atom is -0.466 e. The zero-order valence-electron chi connectivity index (χ0n) is 16.1. The molecular formula is C23H29NO3. The molecule has 0 spiro atoms. The van der Waals surface area contributed by atoms with Crippen LogP contribution >= 0.6 is 0 Å². The highest BCUT2D eigenvalue weighted by molar-refractivity contribution is 6.06. The number of para-hydroxylation sites is 1. The first-order valence-corrected chi connectivity index (χ1v) is 9.80. The van der Waals surface area contributed by atoms with Crippen molar-refractivity contribution in [2.45, 2.75) is 45.4 Å². The molecule has 0 aliphatic heterocycles. The van der Waals surface area contributed by atoms with E-state index in [4.69, 9.17) is 4.74 Å². The van der Waals surface area contributed by atoms with Crippen molar-refractivity contribution in [2.24, 2.45) is 0 Å². The topological polar surface area (TPSA) is 46.6 Å². The molecule has 0 aliphatic rings. The summed E-state index contributed by atoms with van der Waals surface area (Å²) in [6.45, 7) is 2.96. The standard InChI is InChI=1S/C23H29NO3/c1-2-27-22(25)18-12-4-3-5-13-19-24(21-16-10-7-11-17-21)23(26)20-14-8-6-9-15-20/h6-11,14-17H,2-5,12-13,18-19H2,1H3. The van der Waals surface area contributed by atoms with Crippen molar-refractivity contribution >= 4 is 17.6 Å². The number of amides is 1. The fourth-order valence-corrected chi connectivity index (χ4v) is 3.00. The van der Waals surface area contributed by atoms with Gasteiger partial charge in [-0.3, -0.25) is 9.59 Å². The summed E-state index contributed by atoms with van der Waals surface area (Å²) < 4.78 is 4.94. The number of carbonyl (C=O) groups is 2. The lowest BCUT2D eigenvalue weighted by Crippen LogP contribution is -2.31. The fourth-order valence-electron chi connectivity index (χ4n) is 3.00. The number of anilines is 1. The van der Waals surface area contributed by atoms with Gasteiger partial charge in [0.15, 0.2) is 0 Å². The summed E-state index contributed by atoms with van der Waals surface area (Å²) in [5, 5.41) is 0. The Hall–Kier alpha value is -2.62. The molecule has 4 heteroatoms. The van der Waals surface area contributed by atoms with Gasteiger partial charge in [-0.1, -0.05) is 55.7 Å². The average Bonchev–Trinajstić information content (AvgIpc) is 2.71. The number of hydrogen-bond acceptors (Lipinski definition) is 3. The molecule has 0 atom stereocenters. The number of carbonyl (C=O) groups excluding carboxylic acids is 2. The predicted molar refractivity (Wildman–Crippen MR) is 109 cm³/mol. The van der Waals surface area contributed by atoms with Crippen LogP contribution < -0.4 is 4.90 Å². The highest BCUT2D eigenvalue weighted by Crippen LogP contribution is 2.18. The Balaban J connectivity index is 1.81. The molecule has 0 unspecified atom stereocenters. The molecule has 0 aliphatic carbocycles. The third-order valence-corrected chi connectivity index (χ3v) is 4.40. The van der Waals surface area contributed by atoms with Crippen molar-refractivity contribution in [1.29, 1.82) is 0 Å². The van der Waals surface area contributed by atoms with Crippen molar-refractivity contribution in [3.05, 3.63) is 66.2 Å². The van der Waals surface area contributed by atoms with E-state index in [0.29, 0.717) is 25.1 Å². The monoisotopic (exact) mass is 367 g/mol. The van der Waals surface area contributed by atoms with Gasteiger partial charge < -0.3 is 9.64 Å². The molecule has 2 aromatic rings. The lowest BCUT2D eigenvalue weighted by atomic mass is 10.1. The maximum atomic E-state index is 12.9. The molecule has 0 saturated heterocycles. The summed E-state index contributed by atoms with van der Waals surface area (Å²) in [7, 11) is 0. The SMILES string of the molecule is CCOC(=O)CCCCCCCN(C(=O)c1ccccc1)c1ccccc1. The Morgan fingerprint density at radius 1 is 0.815 bits per heavy atom. The van der Waals surface area contributed by atoms with Crippen molar-refractivity contribution < 1.29 is 14.3 Å². The molecular weight excluding hydrogens is 338 g/mol. The van der Waals surface area contributed by atoms with Gasteiger partial charge >= 0.3 is 5.97 Å². The third-order valence-electron chi connectivity index (χ3n) is 4.40. The van der Waals surface area contributed by atoms with E-state index in [1.165, 1.54) is 0 Å². The van der Waals surface area contributed by atoms with Crippen LogP contribution in [-0.2, 0) is 9.53 Å². The van der Waals surface area contributed by atoms with Gasteiger partial charge in [-0.15, -0.1) is 0 Å². The highest BCUT2D eigenvalue weighted by Gasteiger charge is 2.16. The molecule has 0 aromatic heterocycles. The van der Waals surface area contributed by atoms with Gasteiger partial charge in [0.05, 0.1) is 6.61 Å². The van der Waals surface area contributed by atoms with Gasteiger partial charge in [-0.25, -0.2) is 0 Å². The van der Waals surface area contributed by atoms with E-state index in [-0.39, 0.29) is 11.9 Å². The van der Waals surface area contributed by atoms with Crippen LogP contribution in [0.5, 0.6) is 0 Å². The molecule has 2 aromatic carbocycles. The Kier molecular flexibility index (Phi) is 9.11. The molecule has 0 N–H and O–H groups in total.